The van der Waals surface area contributed by atoms with Gasteiger partial charge in [0.1, 0.15) is 6.61 Å². The van der Waals surface area contributed by atoms with Crippen LogP contribution in [0.4, 0.5) is 5.69 Å². The first-order valence-electron chi connectivity index (χ1n) is 7.33. The smallest absolute Gasteiger partial charge is 0.338 e. The van der Waals surface area contributed by atoms with Crippen molar-refractivity contribution in [2.75, 3.05) is 32.0 Å². The highest BCUT2D eigenvalue weighted by atomic mass is 35.5. The van der Waals surface area contributed by atoms with Gasteiger partial charge in [-0.3, -0.25) is 0 Å². The zero-order valence-electron chi connectivity index (χ0n) is 13.0. The second-order valence-electron chi connectivity index (χ2n) is 4.95. The molecule has 0 radical (unpaired) electrons. The van der Waals surface area contributed by atoms with Crippen LogP contribution in [0.15, 0.2) is 36.4 Å². The number of ether oxygens (including phenoxy) is 1. The van der Waals surface area contributed by atoms with Gasteiger partial charge in [0.25, 0.3) is 0 Å². The van der Waals surface area contributed by atoms with Crippen molar-refractivity contribution in [2.45, 2.75) is 13.8 Å². The van der Waals surface area contributed by atoms with E-state index in [-0.39, 0.29) is 18.4 Å². The molecule has 2 N–H and O–H groups in total. The molecule has 0 saturated carbocycles. The van der Waals surface area contributed by atoms with Gasteiger partial charge in [0.05, 0.1) is 5.56 Å². The van der Waals surface area contributed by atoms with Crippen molar-refractivity contribution in [1.82, 2.24) is 4.90 Å². The zero-order valence-corrected chi connectivity index (χ0v) is 13.9. The molecule has 0 aliphatic rings. The van der Waals surface area contributed by atoms with Gasteiger partial charge in [0, 0.05) is 12.2 Å². The van der Waals surface area contributed by atoms with E-state index in [0.717, 1.165) is 30.4 Å². The minimum Gasteiger partial charge on any atom is -0.461 e. The van der Waals surface area contributed by atoms with Crippen molar-refractivity contribution >= 4 is 34.8 Å². The fraction of sp³-hybridized carbons (Fsp3) is 0.353. The number of carbonyl (C=O) groups excluding carboxylic acids is 1. The van der Waals surface area contributed by atoms with E-state index in [1.165, 1.54) is 0 Å². The highest BCUT2D eigenvalue weighted by molar-refractivity contribution is 6.05. The summed E-state index contributed by atoms with van der Waals surface area (Å²) >= 11 is 0. The van der Waals surface area contributed by atoms with Crippen LogP contribution in [0.1, 0.15) is 24.2 Å². The molecule has 0 atom stereocenters. The van der Waals surface area contributed by atoms with E-state index in [1.807, 2.05) is 24.3 Å². The summed E-state index contributed by atoms with van der Waals surface area (Å²) < 4.78 is 5.39. The number of anilines is 1. The van der Waals surface area contributed by atoms with Gasteiger partial charge in [-0.25, -0.2) is 4.79 Å². The Morgan fingerprint density at radius 1 is 1.18 bits per heavy atom. The lowest BCUT2D eigenvalue weighted by Crippen LogP contribution is -2.27. The molecule has 0 heterocycles. The third kappa shape index (κ3) is 4.36. The third-order valence-corrected chi connectivity index (χ3v) is 3.66. The Balaban J connectivity index is 0.00000242. The highest BCUT2D eigenvalue weighted by Gasteiger charge is 2.11. The molecule has 5 heteroatoms. The average molecular weight is 323 g/mol. The summed E-state index contributed by atoms with van der Waals surface area (Å²) in [5.41, 5.74) is 7.05. The van der Waals surface area contributed by atoms with Crippen LogP contribution in [0.3, 0.4) is 0 Å². The summed E-state index contributed by atoms with van der Waals surface area (Å²) in [6, 6.07) is 11.1. The van der Waals surface area contributed by atoms with Crippen LogP contribution < -0.4 is 5.73 Å². The Hall–Kier alpha value is -1.78. The van der Waals surface area contributed by atoms with Crippen LogP contribution in [0.5, 0.6) is 0 Å². The number of hydrogen-bond donors (Lipinski definition) is 1. The molecule has 0 aliphatic carbocycles. The van der Waals surface area contributed by atoms with Gasteiger partial charge in [-0.2, -0.15) is 0 Å². The predicted molar refractivity (Wildman–Crippen MR) is 93.7 cm³/mol. The molecule has 120 valence electrons. The molecule has 22 heavy (non-hydrogen) atoms. The van der Waals surface area contributed by atoms with E-state index in [0.29, 0.717) is 17.9 Å². The van der Waals surface area contributed by atoms with Crippen LogP contribution in [0.2, 0.25) is 0 Å². The van der Waals surface area contributed by atoms with Gasteiger partial charge in [-0.1, -0.05) is 32.0 Å². The monoisotopic (exact) mass is 322 g/mol. The Bertz CT molecular complexity index is 627. The van der Waals surface area contributed by atoms with E-state index in [2.05, 4.69) is 18.7 Å². The van der Waals surface area contributed by atoms with E-state index in [1.54, 1.807) is 12.1 Å². The van der Waals surface area contributed by atoms with E-state index >= 15 is 0 Å². The van der Waals surface area contributed by atoms with Crippen molar-refractivity contribution < 1.29 is 9.53 Å². The van der Waals surface area contributed by atoms with Gasteiger partial charge < -0.3 is 15.4 Å². The molecule has 2 rings (SSSR count). The van der Waals surface area contributed by atoms with Gasteiger partial charge in [0.2, 0.25) is 0 Å². The van der Waals surface area contributed by atoms with Crippen molar-refractivity contribution in [2.24, 2.45) is 0 Å². The van der Waals surface area contributed by atoms with Gasteiger partial charge in [0.15, 0.2) is 0 Å². The minimum absolute atomic E-state index is 0. The summed E-state index contributed by atoms with van der Waals surface area (Å²) in [6.45, 7) is 7.28. The Morgan fingerprint density at radius 3 is 2.59 bits per heavy atom. The molecule has 0 amide bonds. The van der Waals surface area contributed by atoms with Crippen LogP contribution >= 0.6 is 12.4 Å². The van der Waals surface area contributed by atoms with Crippen LogP contribution in [-0.2, 0) is 4.74 Å². The second kappa shape index (κ2) is 8.61. The molecular formula is C17H23ClN2O2. The Kier molecular flexibility index (Phi) is 7.15. The standard InChI is InChI=1S/C17H22N2O2.ClH/c1-3-19(4-2)10-11-21-17(20)16-7-5-6-13-12-14(18)8-9-15(13)16;/h5-9,12H,3-4,10-11,18H2,1-2H3;1H. The summed E-state index contributed by atoms with van der Waals surface area (Å²) in [7, 11) is 0. The first-order chi connectivity index (χ1) is 10.2. The molecule has 0 aliphatic heterocycles. The molecule has 2 aromatic carbocycles. The number of fused-ring (bicyclic) bond motifs is 1. The number of halogens is 1. The van der Waals surface area contributed by atoms with Crippen molar-refractivity contribution in [3.63, 3.8) is 0 Å². The van der Waals surface area contributed by atoms with E-state index < -0.39 is 0 Å². The SMILES string of the molecule is CCN(CC)CCOC(=O)c1cccc2cc(N)ccc12.Cl. The second-order valence-corrected chi connectivity index (χ2v) is 4.95. The van der Waals surface area contributed by atoms with Crippen LogP contribution in [0.25, 0.3) is 10.8 Å². The summed E-state index contributed by atoms with van der Waals surface area (Å²) in [4.78, 5) is 14.4. The van der Waals surface area contributed by atoms with Gasteiger partial charge in [-0.15, -0.1) is 12.4 Å². The van der Waals surface area contributed by atoms with Gasteiger partial charge >= 0.3 is 5.97 Å². The number of likely N-dealkylation sites (N-methyl/N-ethyl adjacent to an activating group) is 1. The summed E-state index contributed by atoms with van der Waals surface area (Å²) in [6.07, 6.45) is 0. The fourth-order valence-corrected chi connectivity index (χ4v) is 2.37. The topological polar surface area (TPSA) is 55.6 Å². The van der Waals surface area contributed by atoms with Gasteiger partial charge in [-0.05, 0) is 42.1 Å². The molecule has 4 nitrogen and oxygen atoms in total. The lowest BCUT2D eigenvalue weighted by Gasteiger charge is -2.17. The number of nitrogen functional groups attached to an aromatic ring is 1. The predicted octanol–water partition coefficient (Wildman–Crippen LogP) is 3.34. The normalized spacial score (nSPS) is 10.5. The molecule has 0 spiro atoms. The quantitative estimate of drug-likeness (QED) is 0.654. The van der Waals surface area contributed by atoms with Crippen molar-refractivity contribution in [1.29, 1.82) is 0 Å². The summed E-state index contributed by atoms with van der Waals surface area (Å²) in [5, 5.41) is 1.83. The molecule has 2 aromatic rings. The molecular weight excluding hydrogens is 300 g/mol. The van der Waals surface area contributed by atoms with Crippen LogP contribution in [0, 0.1) is 0 Å². The summed E-state index contributed by atoms with van der Waals surface area (Å²) in [5.74, 6) is -0.280. The number of nitrogens with zero attached hydrogens (tertiary/aromatic N) is 1. The maximum atomic E-state index is 12.2. The number of carbonyl (C=O) groups is 1. The van der Waals surface area contributed by atoms with Crippen molar-refractivity contribution in [3.8, 4) is 0 Å². The van der Waals surface area contributed by atoms with Crippen LogP contribution in [-0.4, -0.2) is 37.1 Å². The maximum absolute atomic E-state index is 12.2. The minimum atomic E-state index is -0.280. The largest absolute Gasteiger partial charge is 0.461 e. The molecule has 0 saturated heterocycles. The number of rotatable bonds is 6. The van der Waals surface area contributed by atoms with Crippen molar-refractivity contribution in [3.05, 3.63) is 42.0 Å². The number of benzene rings is 2. The molecule has 0 bridgehead atoms. The number of esters is 1. The molecule has 0 fully saturated rings. The van der Waals surface area contributed by atoms with E-state index in [4.69, 9.17) is 10.5 Å². The first-order valence-corrected chi connectivity index (χ1v) is 7.33. The number of hydrogen-bond acceptors (Lipinski definition) is 4. The maximum Gasteiger partial charge on any atom is 0.338 e. The third-order valence-electron chi connectivity index (χ3n) is 3.66. The molecule has 0 aromatic heterocycles. The lowest BCUT2D eigenvalue weighted by atomic mass is 10.0. The number of nitrogens with two attached hydrogens (primary N) is 1. The van der Waals surface area contributed by atoms with E-state index in [9.17, 15) is 4.79 Å². The zero-order chi connectivity index (χ0) is 15.2. The average Bonchev–Trinajstić information content (AvgIpc) is 2.50. The molecule has 0 unspecified atom stereocenters. The highest BCUT2D eigenvalue weighted by Crippen LogP contribution is 2.22. The fourth-order valence-electron chi connectivity index (χ4n) is 2.37. The lowest BCUT2D eigenvalue weighted by molar-refractivity contribution is 0.0469. The first kappa shape index (κ1) is 18.3. The Labute approximate surface area is 137 Å². The Morgan fingerprint density at radius 2 is 1.91 bits per heavy atom.